The predicted octanol–water partition coefficient (Wildman–Crippen LogP) is 6.10. The average Bonchev–Trinajstić information content (AvgIpc) is 3.06. The van der Waals surface area contributed by atoms with Crippen molar-refractivity contribution in [1.82, 2.24) is 0 Å². The van der Waals surface area contributed by atoms with Gasteiger partial charge in [0.05, 0.1) is 39.0 Å². The van der Waals surface area contributed by atoms with Gasteiger partial charge in [-0.3, -0.25) is 13.9 Å². The molecule has 0 fully saturated rings. The van der Waals surface area contributed by atoms with Gasteiger partial charge in [0.15, 0.2) is 11.5 Å². The molecule has 0 radical (unpaired) electrons. The number of anilines is 3. The SMILES string of the molecule is COc1ccc(OC)c(N(CC(=O)Nc2cccc(NC(=O)c3ccc(C(C)(C)C)cc3)c2)S(=O)(=O)c2ccc(OC)c(OC)c2)c1. The molecule has 0 unspecified atom stereocenters. The van der Waals surface area contributed by atoms with Crippen molar-refractivity contribution in [2.24, 2.45) is 0 Å². The highest BCUT2D eigenvalue weighted by atomic mass is 32.2. The van der Waals surface area contributed by atoms with Gasteiger partial charge in [0.25, 0.3) is 15.9 Å². The second-order valence-corrected chi connectivity index (χ2v) is 13.3. The topological polar surface area (TPSA) is 132 Å². The lowest BCUT2D eigenvalue weighted by atomic mass is 9.87. The number of hydrogen-bond donors (Lipinski definition) is 2. The van der Waals surface area contributed by atoms with Crippen molar-refractivity contribution in [3.63, 3.8) is 0 Å². The van der Waals surface area contributed by atoms with E-state index in [0.717, 1.165) is 9.87 Å². The number of methoxy groups -OCH3 is 4. The average molecular weight is 662 g/mol. The van der Waals surface area contributed by atoms with Crippen LogP contribution in [-0.4, -0.2) is 55.2 Å². The van der Waals surface area contributed by atoms with Gasteiger partial charge in [-0.1, -0.05) is 39.0 Å². The van der Waals surface area contributed by atoms with Gasteiger partial charge in [0.2, 0.25) is 5.91 Å². The van der Waals surface area contributed by atoms with E-state index in [4.69, 9.17) is 18.9 Å². The van der Waals surface area contributed by atoms with Crippen molar-refractivity contribution in [3.8, 4) is 23.0 Å². The minimum Gasteiger partial charge on any atom is -0.497 e. The summed E-state index contributed by atoms with van der Waals surface area (Å²) in [6, 6.07) is 22.7. The predicted molar refractivity (Wildman–Crippen MR) is 182 cm³/mol. The second kappa shape index (κ2) is 14.5. The fourth-order valence-electron chi connectivity index (χ4n) is 4.73. The van der Waals surface area contributed by atoms with Crippen LogP contribution >= 0.6 is 0 Å². The molecule has 4 aromatic carbocycles. The zero-order valence-electron chi connectivity index (χ0n) is 27.4. The van der Waals surface area contributed by atoms with E-state index in [2.05, 4.69) is 31.4 Å². The summed E-state index contributed by atoms with van der Waals surface area (Å²) in [5, 5.41) is 5.58. The molecule has 0 bridgehead atoms. The summed E-state index contributed by atoms with van der Waals surface area (Å²) in [6.07, 6.45) is 0. The number of benzene rings is 4. The van der Waals surface area contributed by atoms with Crippen molar-refractivity contribution in [1.29, 1.82) is 0 Å². The minimum absolute atomic E-state index is 0.0460. The van der Waals surface area contributed by atoms with Crippen LogP contribution in [-0.2, 0) is 20.2 Å². The number of carbonyl (C=O) groups excluding carboxylic acids is 2. The van der Waals surface area contributed by atoms with E-state index < -0.39 is 22.5 Å². The minimum atomic E-state index is -4.38. The van der Waals surface area contributed by atoms with E-state index >= 15 is 0 Å². The van der Waals surface area contributed by atoms with E-state index in [0.29, 0.717) is 28.4 Å². The maximum Gasteiger partial charge on any atom is 0.265 e. The molecule has 0 aliphatic carbocycles. The zero-order valence-corrected chi connectivity index (χ0v) is 28.2. The molecule has 0 saturated heterocycles. The van der Waals surface area contributed by atoms with Gasteiger partial charge in [-0.2, -0.15) is 0 Å². The summed E-state index contributed by atoms with van der Waals surface area (Å²) in [5.41, 5.74) is 2.41. The molecule has 11 nitrogen and oxygen atoms in total. The number of amides is 2. The number of sulfonamides is 1. The Hall–Kier alpha value is -5.23. The third-order valence-corrected chi connectivity index (χ3v) is 9.06. The van der Waals surface area contributed by atoms with Crippen LogP contribution in [0.25, 0.3) is 0 Å². The van der Waals surface area contributed by atoms with Crippen LogP contribution < -0.4 is 33.9 Å². The molecular formula is C35H39N3O8S. The molecule has 12 heteroatoms. The van der Waals surface area contributed by atoms with E-state index in [-0.39, 0.29) is 33.4 Å². The van der Waals surface area contributed by atoms with Crippen molar-refractivity contribution in [2.45, 2.75) is 31.1 Å². The summed E-state index contributed by atoms with van der Waals surface area (Å²) in [4.78, 5) is 26.3. The van der Waals surface area contributed by atoms with Crippen LogP contribution in [0.15, 0.2) is 89.8 Å². The Balaban J connectivity index is 1.61. The molecule has 0 heterocycles. The van der Waals surface area contributed by atoms with Crippen molar-refractivity contribution >= 4 is 38.9 Å². The first kappa shape index (κ1) is 34.6. The fraction of sp³-hybridized carbons (Fsp3) is 0.257. The lowest BCUT2D eigenvalue weighted by Gasteiger charge is -2.26. The Kier molecular flexibility index (Phi) is 10.7. The summed E-state index contributed by atoms with van der Waals surface area (Å²) in [7, 11) is 1.29. The number of nitrogens with zero attached hydrogens (tertiary/aromatic N) is 1. The smallest absolute Gasteiger partial charge is 0.265 e. The van der Waals surface area contributed by atoms with Gasteiger partial charge in [-0.25, -0.2) is 8.42 Å². The first-order valence-electron chi connectivity index (χ1n) is 14.6. The van der Waals surface area contributed by atoms with Crippen LogP contribution in [0.3, 0.4) is 0 Å². The first-order valence-corrected chi connectivity index (χ1v) is 16.0. The molecule has 4 rings (SSSR count). The molecule has 0 aromatic heterocycles. The van der Waals surface area contributed by atoms with Gasteiger partial charge in [0.1, 0.15) is 18.0 Å². The maximum absolute atomic E-state index is 14.1. The fourth-order valence-corrected chi connectivity index (χ4v) is 6.17. The highest BCUT2D eigenvalue weighted by Crippen LogP contribution is 2.37. The van der Waals surface area contributed by atoms with Crippen LogP contribution in [0.5, 0.6) is 23.0 Å². The van der Waals surface area contributed by atoms with Crippen molar-refractivity contribution in [2.75, 3.05) is 49.9 Å². The van der Waals surface area contributed by atoms with E-state index in [1.165, 1.54) is 52.7 Å². The summed E-state index contributed by atoms with van der Waals surface area (Å²) in [6.45, 7) is 5.66. The number of hydrogen-bond acceptors (Lipinski definition) is 8. The Morgan fingerprint density at radius 2 is 1.32 bits per heavy atom. The van der Waals surface area contributed by atoms with Gasteiger partial charge < -0.3 is 29.6 Å². The van der Waals surface area contributed by atoms with Gasteiger partial charge >= 0.3 is 0 Å². The molecule has 2 N–H and O–H groups in total. The Morgan fingerprint density at radius 3 is 1.91 bits per heavy atom. The summed E-state index contributed by atoms with van der Waals surface area (Å²) >= 11 is 0. The number of nitrogens with one attached hydrogen (secondary N) is 2. The first-order chi connectivity index (χ1) is 22.3. The van der Waals surface area contributed by atoms with Gasteiger partial charge in [0, 0.05) is 29.1 Å². The molecule has 0 atom stereocenters. The lowest BCUT2D eigenvalue weighted by molar-refractivity contribution is -0.114. The molecule has 4 aromatic rings. The molecule has 0 aliphatic rings. The number of carbonyl (C=O) groups is 2. The molecule has 47 heavy (non-hydrogen) atoms. The monoisotopic (exact) mass is 661 g/mol. The Morgan fingerprint density at radius 1 is 0.702 bits per heavy atom. The quantitative estimate of drug-likeness (QED) is 0.186. The second-order valence-electron chi connectivity index (χ2n) is 11.5. The molecule has 0 aliphatic heterocycles. The summed E-state index contributed by atoms with van der Waals surface area (Å²) < 4.78 is 50.6. The molecule has 0 spiro atoms. The molecule has 2 amide bonds. The molecule has 248 valence electrons. The third-order valence-electron chi connectivity index (χ3n) is 7.30. The third kappa shape index (κ3) is 8.14. The van der Waals surface area contributed by atoms with Crippen molar-refractivity contribution in [3.05, 3.63) is 96.1 Å². The van der Waals surface area contributed by atoms with Gasteiger partial charge in [-0.05, 0) is 65.6 Å². The Labute approximate surface area is 275 Å². The zero-order chi connectivity index (χ0) is 34.4. The van der Waals surface area contributed by atoms with Crippen LogP contribution in [0.1, 0.15) is 36.7 Å². The number of ether oxygens (including phenoxy) is 4. The van der Waals surface area contributed by atoms with Crippen molar-refractivity contribution < 1.29 is 37.0 Å². The highest BCUT2D eigenvalue weighted by molar-refractivity contribution is 7.92. The normalized spacial score (nSPS) is 11.3. The highest BCUT2D eigenvalue weighted by Gasteiger charge is 2.31. The van der Waals surface area contributed by atoms with Crippen LogP contribution in [0.2, 0.25) is 0 Å². The molecular weight excluding hydrogens is 622 g/mol. The lowest BCUT2D eigenvalue weighted by Crippen LogP contribution is -2.38. The summed E-state index contributed by atoms with van der Waals surface area (Å²) in [5.74, 6) is 0.114. The largest absolute Gasteiger partial charge is 0.497 e. The van der Waals surface area contributed by atoms with E-state index in [1.54, 1.807) is 48.5 Å². The molecule has 0 saturated carbocycles. The standard InChI is InChI=1S/C35H39N3O8S/c1-35(2,3)24-13-11-23(12-14-24)34(40)37-26-10-8-9-25(19-26)36-33(39)22-38(29-20-27(43-4)15-17-30(29)44-5)47(41,42)28-16-18-31(45-6)32(21-28)46-7/h8-21H,22H2,1-7H3,(H,36,39)(H,37,40). The van der Waals surface area contributed by atoms with E-state index in [9.17, 15) is 18.0 Å². The maximum atomic E-state index is 14.1. The Bertz CT molecular complexity index is 1850. The van der Waals surface area contributed by atoms with Crippen LogP contribution in [0.4, 0.5) is 17.1 Å². The number of rotatable bonds is 12. The van der Waals surface area contributed by atoms with E-state index in [1.807, 2.05) is 12.1 Å². The van der Waals surface area contributed by atoms with Crippen LogP contribution in [0, 0.1) is 0 Å². The van der Waals surface area contributed by atoms with Gasteiger partial charge in [-0.15, -0.1) is 0 Å².